The highest BCUT2D eigenvalue weighted by molar-refractivity contribution is 7.89. The number of sulfonamides is 1. The molecular formula is C18H19FN2O4S. The number of anilines is 1. The number of hydrogen-bond acceptors (Lipinski definition) is 4. The smallest absolute Gasteiger partial charge is 0.243 e. The van der Waals surface area contributed by atoms with Gasteiger partial charge in [0, 0.05) is 18.3 Å². The summed E-state index contributed by atoms with van der Waals surface area (Å²) in [5.74, 6) is -0.329. The first-order chi connectivity index (χ1) is 12.4. The minimum absolute atomic E-state index is 0.0278. The van der Waals surface area contributed by atoms with Gasteiger partial charge in [-0.15, -0.1) is 0 Å². The van der Waals surface area contributed by atoms with Crippen molar-refractivity contribution in [3.63, 3.8) is 0 Å². The highest BCUT2D eigenvalue weighted by Crippen LogP contribution is 2.27. The van der Waals surface area contributed by atoms with E-state index in [-0.39, 0.29) is 11.4 Å². The highest BCUT2D eigenvalue weighted by atomic mass is 32.2. The summed E-state index contributed by atoms with van der Waals surface area (Å²) in [5, 5.41) is 2.74. The standard InChI is InChI=1S/C18H19FN2O4S/c1-25-15-5-2-4-14(12-15)20-18(22)17-6-3-11-21(17)26(23,24)16-9-7-13(19)8-10-16/h2,4-5,7-10,12,17H,3,6,11H2,1H3,(H,20,22). The molecule has 0 bridgehead atoms. The van der Waals surface area contributed by atoms with E-state index in [1.54, 1.807) is 24.3 Å². The third-order valence-corrected chi connectivity index (χ3v) is 6.19. The summed E-state index contributed by atoms with van der Waals surface area (Å²) in [6.07, 6.45) is 1.01. The summed E-state index contributed by atoms with van der Waals surface area (Å²) in [6, 6.07) is 10.6. The van der Waals surface area contributed by atoms with Crippen LogP contribution in [-0.4, -0.2) is 38.3 Å². The minimum Gasteiger partial charge on any atom is -0.497 e. The lowest BCUT2D eigenvalue weighted by molar-refractivity contribution is -0.119. The van der Waals surface area contributed by atoms with E-state index in [0.717, 1.165) is 12.1 Å². The maximum Gasteiger partial charge on any atom is 0.243 e. The largest absolute Gasteiger partial charge is 0.497 e. The zero-order chi connectivity index (χ0) is 18.7. The van der Waals surface area contributed by atoms with Gasteiger partial charge in [0.25, 0.3) is 0 Å². The van der Waals surface area contributed by atoms with E-state index in [9.17, 15) is 17.6 Å². The molecule has 1 aliphatic rings. The van der Waals surface area contributed by atoms with Gasteiger partial charge in [0.2, 0.25) is 15.9 Å². The Bertz CT molecular complexity index is 900. The summed E-state index contributed by atoms with van der Waals surface area (Å²) in [6.45, 7) is 0.246. The molecule has 0 radical (unpaired) electrons. The van der Waals surface area contributed by atoms with Crippen LogP contribution in [0, 0.1) is 5.82 Å². The van der Waals surface area contributed by atoms with Gasteiger partial charge in [-0.1, -0.05) is 6.07 Å². The fraction of sp³-hybridized carbons (Fsp3) is 0.278. The second kappa shape index (κ2) is 7.43. The van der Waals surface area contributed by atoms with Crippen LogP contribution in [-0.2, 0) is 14.8 Å². The van der Waals surface area contributed by atoms with Gasteiger partial charge in [0.1, 0.15) is 17.6 Å². The van der Waals surface area contributed by atoms with E-state index in [2.05, 4.69) is 5.32 Å². The lowest BCUT2D eigenvalue weighted by Gasteiger charge is -2.23. The number of ether oxygens (including phenoxy) is 1. The molecule has 0 aromatic heterocycles. The lowest BCUT2D eigenvalue weighted by atomic mass is 10.2. The topological polar surface area (TPSA) is 75.7 Å². The first-order valence-electron chi connectivity index (χ1n) is 8.14. The van der Waals surface area contributed by atoms with E-state index in [0.29, 0.717) is 24.3 Å². The normalized spacial score (nSPS) is 17.8. The average molecular weight is 378 g/mol. The molecule has 0 aliphatic carbocycles. The van der Waals surface area contributed by atoms with Gasteiger partial charge in [0.05, 0.1) is 12.0 Å². The Labute approximate surface area is 151 Å². The predicted molar refractivity (Wildman–Crippen MR) is 94.9 cm³/mol. The number of methoxy groups -OCH3 is 1. The highest BCUT2D eigenvalue weighted by Gasteiger charge is 2.39. The first-order valence-corrected chi connectivity index (χ1v) is 9.58. The predicted octanol–water partition coefficient (Wildman–Crippen LogP) is 2.63. The maximum atomic E-state index is 13.1. The fourth-order valence-electron chi connectivity index (χ4n) is 2.96. The second-order valence-electron chi connectivity index (χ2n) is 5.95. The van der Waals surface area contributed by atoms with Crippen LogP contribution in [0.1, 0.15) is 12.8 Å². The van der Waals surface area contributed by atoms with Crippen LogP contribution in [0.15, 0.2) is 53.4 Å². The molecule has 2 aromatic rings. The number of hydrogen-bond donors (Lipinski definition) is 1. The molecule has 1 atom stereocenters. The van der Waals surface area contributed by atoms with E-state index >= 15 is 0 Å². The van der Waals surface area contributed by atoms with Crippen molar-refractivity contribution in [2.45, 2.75) is 23.8 Å². The zero-order valence-corrected chi connectivity index (χ0v) is 15.0. The lowest BCUT2D eigenvalue weighted by Crippen LogP contribution is -2.43. The molecule has 0 spiro atoms. The Morgan fingerprint density at radius 1 is 1.23 bits per heavy atom. The van der Waals surface area contributed by atoms with Gasteiger partial charge >= 0.3 is 0 Å². The van der Waals surface area contributed by atoms with Gasteiger partial charge in [-0.05, 0) is 49.2 Å². The molecular weight excluding hydrogens is 359 g/mol. The molecule has 1 saturated heterocycles. The Balaban J connectivity index is 1.80. The van der Waals surface area contributed by atoms with Gasteiger partial charge in [-0.3, -0.25) is 4.79 Å². The molecule has 1 amide bonds. The Morgan fingerprint density at radius 3 is 2.65 bits per heavy atom. The number of carbonyl (C=O) groups excluding carboxylic acids is 1. The number of amides is 1. The molecule has 1 fully saturated rings. The third-order valence-electron chi connectivity index (χ3n) is 4.26. The van der Waals surface area contributed by atoms with Crippen molar-refractivity contribution in [2.75, 3.05) is 19.0 Å². The number of halogens is 1. The molecule has 1 aliphatic heterocycles. The van der Waals surface area contributed by atoms with Crippen molar-refractivity contribution in [3.05, 3.63) is 54.3 Å². The molecule has 138 valence electrons. The van der Waals surface area contributed by atoms with Crippen molar-refractivity contribution < 1.29 is 22.3 Å². The van der Waals surface area contributed by atoms with E-state index in [1.165, 1.54) is 23.5 Å². The van der Waals surface area contributed by atoms with Crippen LogP contribution >= 0.6 is 0 Å². The van der Waals surface area contributed by atoms with Crippen molar-refractivity contribution in [3.8, 4) is 5.75 Å². The molecule has 1 unspecified atom stereocenters. The zero-order valence-electron chi connectivity index (χ0n) is 14.2. The van der Waals surface area contributed by atoms with Crippen molar-refractivity contribution in [1.82, 2.24) is 4.31 Å². The SMILES string of the molecule is COc1cccc(NC(=O)C2CCCN2S(=O)(=O)c2ccc(F)cc2)c1. The van der Waals surface area contributed by atoms with Crippen LogP contribution < -0.4 is 10.1 Å². The van der Waals surface area contributed by atoms with Gasteiger partial charge in [0.15, 0.2) is 0 Å². The average Bonchev–Trinajstić information content (AvgIpc) is 3.13. The Hall–Kier alpha value is -2.45. The van der Waals surface area contributed by atoms with Crippen LogP contribution in [0.25, 0.3) is 0 Å². The maximum absolute atomic E-state index is 13.1. The van der Waals surface area contributed by atoms with Crippen LogP contribution in [0.5, 0.6) is 5.75 Å². The third kappa shape index (κ3) is 3.71. The molecule has 2 aromatic carbocycles. The van der Waals surface area contributed by atoms with Crippen LogP contribution in [0.3, 0.4) is 0 Å². The van der Waals surface area contributed by atoms with Crippen LogP contribution in [0.4, 0.5) is 10.1 Å². The molecule has 3 rings (SSSR count). The number of nitrogens with one attached hydrogen (secondary N) is 1. The summed E-state index contributed by atoms with van der Waals surface area (Å²) in [7, 11) is -2.35. The number of carbonyl (C=O) groups is 1. The van der Waals surface area contributed by atoms with Crippen molar-refractivity contribution in [1.29, 1.82) is 0 Å². The number of benzene rings is 2. The van der Waals surface area contributed by atoms with Gasteiger partial charge < -0.3 is 10.1 Å². The molecule has 26 heavy (non-hydrogen) atoms. The summed E-state index contributed by atoms with van der Waals surface area (Å²) >= 11 is 0. The first kappa shape index (κ1) is 18.3. The Morgan fingerprint density at radius 2 is 1.96 bits per heavy atom. The second-order valence-corrected chi connectivity index (χ2v) is 7.84. The van der Waals surface area contributed by atoms with Gasteiger partial charge in [-0.25, -0.2) is 12.8 Å². The molecule has 1 heterocycles. The van der Waals surface area contributed by atoms with E-state index in [4.69, 9.17) is 4.74 Å². The molecule has 6 nitrogen and oxygen atoms in total. The quantitative estimate of drug-likeness (QED) is 0.868. The monoisotopic (exact) mass is 378 g/mol. The molecule has 8 heteroatoms. The minimum atomic E-state index is -3.87. The van der Waals surface area contributed by atoms with Gasteiger partial charge in [-0.2, -0.15) is 4.31 Å². The van der Waals surface area contributed by atoms with Crippen molar-refractivity contribution in [2.24, 2.45) is 0 Å². The fourth-order valence-corrected chi connectivity index (χ4v) is 4.61. The number of nitrogens with zero attached hydrogens (tertiary/aromatic N) is 1. The summed E-state index contributed by atoms with van der Waals surface area (Å²) < 4.78 is 45.0. The summed E-state index contributed by atoms with van der Waals surface area (Å²) in [4.78, 5) is 12.6. The number of rotatable bonds is 5. The van der Waals surface area contributed by atoms with E-state index < -0.39 is 27.8 Å². The van der Waals surface area contributed by atoms with Crippen molar-refractivity contribution >= 4 is 21.6 Å². The molecule has 1 N–H and O–H groups in total. The molecule has 0 saturated carbocycles. The Kier molecular flexibility index (Phi) is 5.24. The van der Waals surface area contributed by atoms with E-state index in [1.807, 2.05) is 0 Å². The summed E-state index contributed by atoms with van der Waals surface area (Å²) in [5.41, 5.74) is 0.528. The van der Waals surface area contributed by atoms with Crippen LogP contribution in [0.2, 0.25) is 0 Å².